The van der Waals surface area contributed by atoms with Gasteiger partial charge in [-0.15, -0.1) is 0 Å². The lowest BCUT2D eigenvalue weighted by Crippen LogP contribution is -2.49. The standard InChI is InChI=1S/C23H22N2O3S/c26-22-12-11-21(18-7-3-1-4-8-18)23-19-13-17(15-25(22)23)14-24(16-19)29(27,28)20-9-5-2-6-10-20/h1-12,17,19H,13-16H2. The van der Waals surface area contributed by atoms with Crippen LogP contribution in [0.3, 0.4) is 0 Å². The molecule has 0 spiro atoms. The van der Waals surface area contributed by atoms with E-state index >= 15 is 0 Å². The van der Waals surface area contributed by atoms with E-state index in [2.05, 4.69) is 0 Å². The average Bonchev–Trinajstić information content (AvgIpc) is 2.75. The largest absolute Gasteiger partial charge is 0.311 e. The van der Waals surface area contributed by atoms with Gasteiger partial charge in [0.2, 0.25) is 10.0 Å². The van der Waals surface area contributed by atoms with Crippen molar-refractivity contribution in [2.75, 3.05) is 13.1 Å². The Bertz CT molecular complexity index is 1200. The predicted octanol–water partition coefficient (Wildman–Crippen LogP) is 3.32. The monoisotopic (exact) mass is 406 g/mol. The van der Waals surface area contributed by atoms with Crippen molar-refractivity contribution in [1.29, 1.82) is 0 Å². The van der Waals surface area contributed by atoms with Gasteiger partial charge in [-0.25, -0.2) is 8.42 Å². The van der Waals surface area contributed by atoms with E-state index in [-0.39, 0.29) is 17.4 Å². The first-order valence-corrected chi connectivity index (χ1v) is 11.3. The summed E-state index contributed by atoms with van der Waals surface area (Å²) in [6.07, 6.45) is 0.907. The molecule has 0 amide bonds. The van der Waals surface area contributed by atoms with Crippen molar-refractivity contribution < 1.29 is 8.42 Å². The molecule has 5 nitrogen and oxygen atoms in total. The molecule has 148 valence electrons. The van der Waals surface area contributed by atoms with E-state index in [1.807, 2.05) is 47.0 Å². The number of fused-ring (bicyclic) bond motifs is 4. The maximum atomic E-state index is 13.2. The van der Waals surface area contributed by atoms with Crippen LogP contribution in [0.5, 0.6) is 0 Å². The Morgan fingerprint density at radius 1 is 0.793 bits per heavy atom. The van der Waals surface area contributed by atoms with E-state index in [0.29, 0.717) is 24.5 Å². The van der Waals surface area contributed by atoms with Crippen LogP contribution in [-0.2, 0) is 16.6 Å². The maximum absolute atomic E-state index is 13.2. The molecule has 1 saturated heterocycles. The minimum atomic E-state index is -3.55. The summed E-state index contributed by atoms with van der Waals surface area (Å²) in [7, 11) is -3.55. The third-order valence-corrected chi connectivity index (χ3v) is 7.87. The molecule has 0 N–H and O–H groups in total. The van der Waals surface area contributed by atoms with Crippen molar-refractivity contribution in [2.24, 2.45) is 5.92 Å². The second-order valence-corrected chi connectivity index (χ2v) is 9.82. The van der Waals surface area contributed by atoms with Crippen molar-refractivity contribution in [1.82, 2.24) is 8.87 Å². The van der Waals surface area contributed by atoms with E-state index in [4.69, 9.17) is 0 Å². The lowest BCUT2D eigenvalue weighted by atomic mass is 9.81. The van der Waals surface area contributed by atoms with Gasteiger partial charge in [0, 0.05) is 42.9 Å². The number of aromatic nitrogens is 1. The summed E-state index contributed by atoms with van der Waals surface area (Å²) in [4.78, 5) is 12.9. The summed E-state index contributed by atoms with van der Waals surface area (Å²) in [5.74, 6) is 0.147. The van der Waals surface area contributed by atoms with Crippen molar-refractivity contribution >= 4 is 10.0 Å². The molecule has 2 unspecified atom stereocenters. The van der Waals surface area contributed by atoms with Crippen molar-refractivity contribution in [2.45, 2.75) is 23.8 Å². The Hall–Kier alpha value is -2.70. The van der Waals surface area contributed by atoms with Crippen LogP contribution in [0.1, 0.15) is 18.0 Å². The van der Waals surface area contributed by atoms with Gasteiger partial charge in [0.05, 0.1) is 4.90 Å². The van der Waals surface area contributed by atoms with Crippen molar-refractivity contribution in [3.8, 4) is 11.1 Å². The van der Waals surface area contributed by atoms with Crippen LogP contribution in [0.15, 0.2) is 82.5 Å². The van der Waals surface area contributed by atoms with Gasteiger partial charge >= 0.3 is 0 Å². The Kier molecular flexibility index (Phi) is 4.41. The van der Waals surface area contributed by atoms with Crippen LogP contribution in [0, 0.1) is 5.92 Å². The number of benzene rings is 2. The number of piperidine rings is 1. The number of sulfonamides is 1. The van der Waals surface area contributed by atoms with Gasteiger partial charge in [0.25, 0.3) is 5.56 Å². The lowest BCUT2D eigenvalue weighted by Gasteiger charge is -2.42. The van der Waals surface area contributed by atoms with Gasteiger partial charge in [-0.1, -0.05) is 48.5 Å². The summed E-state index contributed by atoms with van der Waals surface area (Å²) >= 11 is 0. The van der Waals surface area contributed by atoms with Gasteiger partial charge in [-0.3, -0.25) is 4.79 Å². The number of pyridine rings is 1. The van der Waals surface area contributed by atoms with Crippen LogP contribution in [0.2, 0.25) is 0 Å². The van der Waals surface area contributed by atoms with Gasteiger partial charge in [0.1, 0.15) is 0 Å². The van der Waals surface area contributed by atoms with Crippen LogP contribution < -0.4 is 5.56 Å². The fourth-order valence-electron chi connectivity index (χ4n) is 4.77. The highest BCUT2D eigenvalue weighted by molar-refractivity contribution is 7.89. The zero-order valence-corrected chi connectivity index (χ0v) is 16.8. The molecule has 0 aliphatic carbocycles. The molecule has 1 aromatic heterocycles. The molecule has 6 heteroatoms. The molecule has 2 bridgehead atoms. The molecular formula is C23H22N2O3S. The highest BCUT2D eigenvalue weighted by Gasteiger charge is 2.40. The molecule has 2 aliphatic rings. The normalized spacial score (nSPS) is 21.5. The first-order chi connectivity index (χ1) is 14.0. The van der Waals surface area contributed by atoms with Crippen LogP contribution in [0.25, 0.3) is 11.1 Å². The van der Waals surface area contributed by atoms with E-state index in [0.717, 1.165) is 23.2 Å². The summed E-state index contributed by atoms with van der Waals surface area (Å²) < 4.78 is 29.9. The molecule has 0 saturated carbocycles. The highest BCUT2D eigenvalue weighted by atomic mass is 32.2. The quantitative estimate of drug-likeness (QED) is 0.670. The average molecular weight is 407 g/mol. The van der Waals surface area contributed by atoms with Gasteiger partial charge in [-0.2, -0.15) is 4.31 Å². The summed E-state index contributed by atoms with van der Waals surface area (Å²) in [6, 6.07) is 22.1. The SMILES string of the molecule is O=c1ccc(-c2ccccc2)c2n1CC1CC2CN(S(=O)(=O)c2ccccc2)C1. The molecule has 29 heavy (non-hydrogen) atoms. The van der Waals surface area contributed by atoms with Gasteiger partial charge in [0.15, 0.2) is 0 Å². The minimum Gasteiger partial charge on any atom is -0.311 e. The lowest BCUT2D eigenvalue weighted by molar-refractivity contribution is 0.187. The molecular weight excluding hydrogens is 384 g/mol. The molecule has 3 aromatic rings. The molecule has 2 aromatic carbocycles. The zero-order chi connectivity index (χ0) is 20.0. The van der Waals surface area contributed by atoms with Crippen molar-refractivity contribution in [3.05, 3.63) is 88.8 Å². The second kappa shape index (κ2) is 6.97. The Morgan fingerprint density at radius 3 is 2.21 bits per heavy atom. The summed E-state index contributed by atoms with van der Waals surface area (Å²) in [5, 5.41) is 0. The van der Waals surface area contributed by atoms with E-state index in [9.17, 15) is 13.2 Å². The molecule has 3 heterocycles. The van der Waals surface area contributed by atoms with Crippen LogP contribution in [0.4, 0.5) is 0 Å². The number of hydrogen-bond acceptors (Lipinski definition) is 3. The van der Waals surface area contributed by atoms with E-state index in [1.165, 1.54) is 0 Å². The Morgan fingerprint density at radius 2 is 1.48 bits per heavy atom. The third-order valence-electron chi connectivity index (χ3n) is 6.02. The number of nitrogens with zero attached hydrogens (tertiary/aromatic N) is 2. The summed E-state index contributed by atoms with van der Waals surface area (Å²) in [5.41, 5.74) is 3.03. The van der Waals surface area contributed by atoms with Crippen LogP contribution in [-0.4, -0.2) is 30.4 Å². The smallest absolute Gasteiger partial charge is 0.250 e. The summed E-state index contributed by atoms with van der Waals surface area (Å²) in [6.45, 7) is 1.42. The molecule has 2 atom stereocenters. The zero-order valence-electron chi connectivity index (χ0n) is 15.9. The minimum absolute atomic E-state index is 0.00472. The van der Waals surface area contributed by atoms with Crippen molar-refractivity contribution in [3.63, 3.8) is 0 Å². The molecule has 2 aliphatic heterocycles. The highest BCUT2D eigenvalue weighted by Crippen LogP contribution is 2.41. The topological polar surface area (TPSA) is 59.4 Å². The molecule has 0 radical (unpaired) electrons. The Labute approximate surface area is 170 Å². The van der Waals surface area contributed by atoms with E-state index in [1.54, 1.807) is 34.6 Å². The fraction of sp³-hybridized carbons (Fsp3) is 0.261. The third kappa shape index (κ3) is 3.12. The van der Waals surface area contributed by atoms with E-state index < -0.39 is 10.0 Å². The van der Waals surface area contributed by atoms with Gasteiger partial charge < -0.3 is 4.57 Å². The fourth-order valence-corrected chi connectivity index (χ4v) is 6.35. The second-order valence-electron chi connectivity index (χ2n) is 7.88. The first kappa shape index (κ1) is 18.3. The van der Waals surface area contributed by atoms with Gasteiger partial charge in [-0.05, 0) is 36.1 Å². The maximum Gasteiger partial charge on any atom is 0.250 e. The predicted molar refractivity (Wildman–Crippen MR) is 112 cm³/mol. The molecule has 5 rings (SSSR count). The number of hydrogen-bond donors (Lipinski definition) is 0. The first-order valence-electron chi connectivity index (χ1n) is 9.88. The van der Waals surface area contributed by atoms with Crippen LogP contribution >= 0.6 is 0 Å². The number of rotatable bonds is 3. The molecule has 1 fully saturated rings. The Balaban J connectivity index is 1.59.